The first kappa shape index (κ1) is 27.0. The van der Waals surface area contributed by atoms with Gasteiger partial charge in [-0.3, -0.25) is 9.88 Å². The number of fused-ring (bicyclic) bond motifs is 3. The number of benzene rings is 2. The number of rotatable bonds is 6. The highest BCUT2D eigenvalue weighted by atomic mass is 19.1. The van der Waals surface area contributed by atoms with Gasteiger partial charge in [0.05, 0.1) is 10.9 Å². The van der Waals surface area contributed by atoms with Crippen LogP contribution >= 0.6 is 0 Å². The molecule has 0 radical (unpaired) electrons. The number of likely N-dealkylation sites (N-methyl/N-ethyl adjacent to an activating group) is 1. The first-order chi connectivity index (χ1) is 20.5. The van der Waals surface area contributed by atoms with Gasteiger partial charge in [-0.1, -0.05) is 36.3 Å². The lowest BCUT2D eigenvalue weighted by Crippen LogP contribution is -2.43. The summed E-state index contributed by atoms with van der Waals surface area (Å²) in [5.74, 6) is 6.17. The zero-order valence-electron chi connectivity index (χ0n) is 24.0. The minimum Gasteiger partial charge on any atom is -0.461 e. The summed E-state index contributed by atoms with van der Waals surface area (Å²) in [5, 5.41) is 5.72. The Balaban J connectivity index is 1.36. The van der Waals surface area contributed by atoms with E-state index in [-0.39, 0.29) is 35.4 Å². The maximum atomic E-state index is 16.7. The van der Waals surface area contributed by atoms with E-state index in [1.54, 1.807) is 13.1 Å². The van der Waals surface area contributed by atoms with E-state index >= 15 is 4.39 Å². The van der Waals surface area contributed by atoms with Gasteiger partial charge in [-0.15, -0.1) is 5.92 Å². The fraction of sp³-hybridized carbons (Fsp3) is 0.424. The van der Waals surface area contributed by atoms with Gasteiger partial charge in [-0.2, -0.15) is 9.97 Å². The molecule has 1 N–H and O–H groups in total. The molecule has 3 saturated heterocycles. The summed E-state index contributed by atoms with van der Waals surface area (Å²) in [7, 11) is 1.97. The SMILES string of the molecule is CC#Cc1cccc2cccc(-c3ncc4c(N(C)[C@@H]5CCNC5)nc(OC[C@@]56CCCN5C[C@H](F)C6)nc4c3F)c12. The summed E-state index contributed by atoms with van der Waals surface area (Å²) in [5.41, 5.74) is 1.47. The standard InChI is InChI=1S/C33H34F2N6O/c1-3-7-21-8-4-9-22-10-5-11-25(27(21)22)29-28(35)30-26(18-37-29)31(40(2)24-12-14-36-17-24)39-32(38-30)42-20-33-13-6-15-41(33)19-23(34)16-33/h4-5,8-11,18,23-24,36H,6,12-17,19-20H2,1-2H3/t23-,24-,33+/m1/s1. The van der Waals surface area contributed by atoms with Gasteiger partial charge in [0.1, 0.15) is 29.8 Å². The zero-order valence-corrected chi connectivity index (χ0v) is 24.0. The Morgan fingerprint density at radius 2 is 2.07 bits per heavy atom. The van der Waals surface area contributed by atoms with E-state index in [4.69, 9.17) is 9.72 Å². The summed E-state index contributed by atoms with van der Waals surface area (Å²) in [6.45, 7) is 5.07. The molecule has 2 aromatic heterocycles. The average molecular weight is 569 g/mol. The van der Waals surface area contributed by atoms with Crippen LogP contribution in [0.2, 0.25) is 0 Å². The first-order valence-corrected chi connectivity index (χ1v) is 14.7. The van der Waals surface area contributed by atoms with Crippen LogP contribution < -0.4 is 15.0 Å². The number of aromatic nitrogens is 3. The highest BCUT2D eigenvalue weighted by Gasteiger charge is 2.49. The summed E-state index contributed by atoms with van der Waals surface area (Å²) in [6, 6.07) is 11.9. The monoisotopic (exact) mass is 568 g/mol. The van der Waals surface area contributed by atoms with Gasteiger partial charge in [-0.05, 0) is 50.7 Å². The third-order valence-electron chi connectivity index (χ3n) is 9.21. The number of ether oxygens (including phenoxy) is 1. The molecule has 7 rings (SSSR count). The smallest absolute Gasteiger partial charge is 0.319 e. The van der Waals surface area contributed by atoms with Crippen molar-refractivity contribution >= 4 is 27.5 Å². The van der Waals surface area contributed by atoms with Gasteiger partial charge >= 0.3 is 6.01 Å². The van der Waals surface area contributed by atoms with E-state index in [1.807, 2.05) is 43.4 Å². The second-order valence-electron chi connectivity index (χ2n) is 11.7. The molecule has 0 unspecified atom stereocenters. The van der Waals surface area contributed by atoms with Crippen LogP contribution in [0.4, 0.5) is 14.6 Å². The lowest BCUT2D eigenvalue weighted by atomic mass is 9.95. The van der Waals surface area contributed by atoms with Crippen LogP contribution in [0.3, 0.4) is 0 Å². The normalized spacial score (nSPS) is 23.7. The van der Waals surface area contributed by atoms with Crippen molar-refractivity contribution in [3.63, 3.8) is 0 Å². The highest BCUT2D eigenvalue weighted by Crippen LogP contribution is 2.41. The Labute approximate surface area is 244 Å². The zero-order chi connectivity index (χ0) is 28.8. The Kier molecular flexibility index (Phi) is 6.91. The number of hydrogen-bond acceptors (Lipinski definition) is 7. The molecule has 0 aliphatic carbocycles. The quantitative estimate of drug-likeness (QED) is 0.325. The van der Waals surface area contributed by atoms with Gasteiger partial charge in [0.2, 0.25) is 0 Å². The molecule has 4 aromatic rings. The van der Waals surface area contributed by atoms with Gasteiger partial charge < -0.3 is 15.0 Å². The molecule has 0 spiro atoms. The fourth-order valence-corrected chi connectivity index (χ4v) is 7.11. The predicted molar refractivity (Wildman–Crippen MR) is 161 cm³/mol. The van der Waals surface area contributed by atoms with Crippen LogP contribution in [-0.2, 0) is 0 Å². The molecule has 5 heterocycles. The number of pyridine rings is 1. The lowest BCUT2D eigenvalue weighted by Gasteiger charge is -2.31. The van der Waals surface area contributed by atoms with Crippen LogP contribution in [0, 0.1) is 17.7 Å². The Morgan fingerprint density at radius 3 is 2.88 bits per heavy atom. The summed E-state index contributed by atoms with van der Waals surface area (Å²) < 4.78 is 37.3. The summed E-state index contributed by atoms with van der Waals surface area (Å²) >= 11 is 0. The van der Waals surface area contributed by atoms with Crippen LogP contribution in [0.25, 0.3) is 32.9 Å². The van der Waals surface area contributed by atoms with Crippen LogP contribution in [-0.4, -0.2) is 77.4 Å². The van der Waals surface area contributed by atoms with E-state index in [2.05, 4.69) is 36.9 Å². The molecule has 0 bridgehead atoms. The molecule has 7 nitrogen and oxygen atoms in total. The molecule has 42 heavy (non-hydrogen) atoms. The Morgan fingerprint density at radius 1 is 1.21 bits per heavy atom. The van der Waals surface area contributed by atoms with Crippen molar-refractivity contribution in [1.82, 2.24) is 25.2 Å². The molecule has 3 fully saturated rings. The number of hydrogen-bond donors (Lipinski definition) is 1. The Hall–Kier alpha value is -3.87. The summed E-state index contributed by atoms with van der Waals surface area (Å²) in [6.07, 6.45) is 4.06. The molecule has 216 valence electrons. The van der Waals surface area contributed by atoms with Crippen molar-refractivity contribution in [1.29, 1.82) is 0 Å². The van der Waals surface area contributed by atoms with E-state index in [1.165, 1.54) is 0 Å². The fourth-order valence-electron chi connectivity index (χ4n) is 7.11. The van der Waals surface area contributed by atoms with Crippen molar-refractivity contribution < 1.29 is 13.5 Å². The predicted octanol–water partition coefficient (Wildman–Crippen LogP) is 5.11. The topological polar surface area (TPSA) is 66.4 Å². The van der Waals surface area contributed by atoms with Crippen LogP contribution in [0.5, 0.6) is 6.01 Å². The third-order valence-corrected chi connectivity index (χ3v) is 9.21. The molecule has 3 aliphatic heterocycles. The maximum absolute atomic E-state index is 16.7. The molecule has 3 atom stereocenters. The van der Waals surface area contributed by atoms with Crippen molar-refractivity contribution in [3.8, 4) is 29.1 Å². The largest absolute Gasteiger partial charge is 0.461 e. The number of nitrogens with zero attached hydrogens (tertiary/aromatic N) is 5. The number of nitrogens with one attached hydrogen (secondary N) is 1. The van der Waals surface area contributed by atoms with Crippen LogP contribution in [0.15, 0.2) is 42.6 Å². The van der Waals surface area contributed by atoms with E-state index in [9.17, 15) is 4.39 Å². The van der Waals surface area contributed by atoms with Crippen LogP contribution in [0.1, 0.15) is 38.2 Å². The van der Waals surface area contributed by atoms with Crippen molar-refractivity contribution in [2.75, 3.05) is 44.7 Å². The maximum Gasteiger partial charge on any atom is 0.319 e. The molecule has 0 amide bonds. The number of anilines is 1. The number of halogens is 2. The Bertz CT molecular complexity index is 1720. The summed E-state index contributed by atoms with van der Waals surface area (Å²) in [4.78, 5) is 18.3. The molecule has 9 heteroatoms. The third kappa shape index (κ3) is 4.54. The van der Waals surface area contributed by atoms with E-state index < -0.39 is 12.0 Å². The number of alkyl halides is 1. The second kappa shape index (κ2) is 10.8. The lowest BCUT2D eigenvalue weighted by molar-refractivity contribution is 0.107. The molecule has 0 saturated carbocycles. The van der Waals surface area contributed by atoms with Gasteiger partial charge in [0, 0.05) is 55.3 Å². The van der Waals surface area contributed by atoms with Crippen molar-refractivity contribution in [2.24, 2.45) is 0 Å². The van der Waals surface area contributed by atoms with E-state index in [0.29, 0.717) is 29.7 Å². The highest BCUT2D eigenvalue weighted by molar-refractivity contribution is 6.02. The molecule has 3 aliphatic rings. The van der Waals surface area contributed by atoms with Gasteiger partial charge in [0.25, 0.3) is 0 Å². The minimum absolute atomic E-state index is 0.102. The molecule has 2 aromatic carbocycles. The van der Waals surface area contributed by atoms with Crippen molar-refractivity contribution in [2.45, 2.75) is 50.4 Å². The minimum atomic E-state index is -0.864. The van der Waals surface area contributed by atoms with Crippen molar-refractivity contribution in [3.05, 3.63) is 54.0 Å². The first-order valence-electron chi connectivity index (χ1n) is 14.7. The second-order valence-corrected chi connectivity index (χ2v) is 11.7. The van der Waals surface area contributed by atoms with Gasteiger partial charge in [-0.25, -0.2) is 8.78 Å². The van der Waals surface area contributed by atoms with Gasteiger partial charge in [0.15, 0.2) is 5.82 Å². The molecular formula is C33H34F2N6O. The van der Waals surface area contributed by atoms with E-state index in [0.717, 1.165) is 55.2 Å². The average Bonchev–Trinajstić information content (AvgIpc) is 3.73. The molecular weight excluding hydrogens is 534 g/mol.